The number of benzene rings is 1. The zero-order chi connectivity index (χ0) is 13.5. The fourth-order valence-corrected chi connectivity index (χ4v) is 3.33. The van der Waals surface area contributed by atoms with Crippen molar-refractivity contribution in [3.05, 3.63) is 29.8 Å². The maximum absolute atomic E-state index is 11.8. The first-order chi connectivity index (χ1) is 9.24. The number of hydrogen-bond donors (Lipinski definition) is 2. The molecule has 0 bridgehead atoms. The van der Waals surface area contributed by atoms with Gasteiger partial charge in [0.25, 0.3) is 0 Å². The van der Waals surface area contributed by atoms with E-state index in [9.17, 15) is 4.79 Å². The largest absolute Gasteiger partial charge is 0.325 e. The van der Waals surface area contributed by atoms with Crippen LogP contribution in [0, 0.1) is 12.8 Å². The van der Waals surface area contributed by atoms with Crippen LogP contribution in [0.15, 0.2) is 24.3 Å². The molecule has 4 heteroatoms. The van der Waals surface area contributed by atoms with Gasteiger partial charge in [-0.2, -0.15) is 11.8 Å². The van der Waals surface area contributed by atoms with Gasteiger partial charge in [-0.3, -0.25) is 4.79 Å². The number of carbonyl (C=O) groups excluding carboxylic acids is 1. The van der Waals surface area contributed by atoms with Crippen molar-refractivity contribution in [2.75, 3.05) is 29.9 Å². The zero-order valence-corrected chi connectivity index (χ0v) is 12.3. The first kappa shape index (κ1) is 14.4. The number of nitrogens with one attached hydrogen (secondary N) is 2. The third kappa shape index (κ3) is 5.25. The highest BCUT2D eigenvalue weighted by Crippen LogP contribution is 2.18. The summed E-state index contributed by atoms with van der Waals surface area (Å²) in [6.45, 7) is 4.28. The minimum atomic E-state index is 0.101. The number of aryl methyl sites for hydroxylation is 1. The van der Waals surface area contributed by atoms with Gasteiger partial charge in [0.05, 0.1) is 5.75 Å². The van der Waals surface area contributed by atoms with Crippen molar-refractivity contribution in [2.24, 2.45) is 5.92 Å². The molecular weight excluding hydrogens is 256 g/mol. The summed E-state index contributed by atoms with van der Waals surface area (Å²) in [6, 6.07) is 7.92. The number of hydrogen-bond acceptors (Lipinski definition) is 3. The van der Waals surface area contributed by atoms with Crippen LogP contribution < -0.4 is 10.6 Å². The van der Waals surface area contributed by atoms with Crippen LogP contribution in [-0.4, -0.2) is 30.5 Å². The molecule has 1 saturated heterocycles. The predicted molar refractivity (Wildman–Crippen MR) is 82.7 cm³/mol. The van der Waals surface area contributed by atoms with Gasteiger partial charge in [0.2, 0.25) is 5.91 Å². The van der Waals surface area contributed by atoms with Gasteiger partial charge in [0.15, 0.2) is 0 Å². The van der Waals surface area contributed by atoms with Crippen molar-refractivity contribution < 1.29 is 4.79 Å². The molecule has 104 valence electrons. The van der Waals surface area contributed by atoms with Crippen molar-refractivity contribution in [1.82, 2.24) is 5.32 Å². The van der Waals surface area contributed by atoms with Crippen LogP contribution in [0.2, 0.25) is 0 Å². The van der Waals surface area contributed by atoms with Crippen molar-refractivity contribution >= 4 is 23.4 Å². The fourth-order valence-electron chi connectivity index (χ4n) is 2.29. The van der Waals surface area contributed by atoms with Crippen molar-refractivity contribution in [3.63, 3.8) is 0 Å². The molecule has 1 aliphatic rings. The minimum Gasteiger partial charge on any atom is -0.325 e. The molecule has 0 aromatic heterocycles. The number of anilines is 1. The topological polar surface area (TPSA) is 41.1 Å². The fraction of sp³-hybridized carbons (Fsp3) is 0.533. The van der Waals surface area contributed by atoms with Crippen molar-refractivity contribution in [2.45, 2.75) is 19.8 Å². The Morgan fingerprint density at radius 2 is 2.21 bits per heavy atom. The number of thioether (sulfide) groups is 1. The van der Waals surface area contributed by atoms with Crippen LogP contribution in [0.3, 0.4) is 0 Å². The maximum Gasteiger partial charge on any atom is 0.234 e. The second-order valence-corrected chi connectivity index (χ2v) is 6.16. The number of piperidine rings is 1. The Balaban J connectivity index is 1.67. The monoisotopic (exact) mass is 278 g/mol. The Kier molecular flexibility index (Phi) is 5.73. The van der Waals surface area contributed by atoms with E-state index >= 15 is 0 Å². The molecule has 1 amide bonds. The van der Waals surface area contributed by atoms with Crippen molar-refractivity contribution in [1.29, 1.82) is 0 Å². The van der Waals surface area contributed by atoms with Gasteiger partial charge in [0.1, 0.15) is 0 Å². The van der Waals surface area contributed by atoms with Gasteiger partial charge in [0, 0.05) is 5.69 Å². The quantitative estimate of drug-likeness (QED) is 0.870. The SMILES string of the molecule is Cc1cccc(NC(=O)CSCC2CCNCC2)c1. The van der Waals surface area contributed by atoms with Gasteiger partial charge < -0.3 is 10.6 Å². The summed E-state index contributed by atoms with van der Waals surface area (Å²) in [7, 11) is 0. The maximum atomic E-state index is 11.8. The highest BCUT2D eigenvalue weighted by Gasteiger charge is 2.13. The third-order valence-corrected chi connectivity index (χ3v) is 4.52. The van der Waals surface area contributed by atoms with E-state index in [0.29, 0.717) is 5.75 Å². The standard InChI is InChI=1S/C15H22N2OS/c1-12-3-2-4-14(9-12)17-15(18)11-19-10-13-5-7-16-8-6-13/h2-4,9,13,16H,5-8,10-11H2,1H3,(H,17,18). The molecule has 2 N–H and O–H groups in total. The Hall–Kier alpha value is -1.00. The van der Waals surface area contributed by atoms with Gasteiger partial charge in [-0.1, -0.05) is 12.1 Å². The molecule has 19 heavy (non-hydrogen) atoms. The molecule has 0 atom stereocenters. The van der Waals surface area contributed by atoms with E-state index in [4.69, 9.17) is 0 Å². The van der Waals surface area contributed by atoms with Crippen LogP contribution in [0.1, 0.15) is 18.4 Å². The highest BCUT2D eigenvalue weighted by molar-refractivity contribution is 7.99. The number of amides is 1. The first-order valence-electron chi connectivity index (χ1n) is 6.89. The lowest BCUT2D eigenvalue weighted by atomic mass is 10.0. The number of carbonyl (C=O) groups is 1. The summed E-state index contributed by atoms with van der Waals surface area (Å²) in [5, 5.41) is 6.31. The minimum absolute atomic E-state index is 0.101. The van der Waals surface area contributed by atoms with E-state index in [0.717, 1.165) is 30.4 Å². The summed E-state index contributed by atoms with van der Waals surface area (Å²) in [5.74, 6) is 2.53. The van der Waals surface area contributed by atoms with Crippen LogP contribution in [0.5, 0.6) is 0 Å². The molecule has 1 aromatic rings. The van der Waals surface area contributed by atoms with E-state index < -0.39 is 0 Å². The molecule has 3 nitrogen and oxygen atoms in total. The molecule has 1 heterocycles. The van der Waals surface area contributed by atoms with Gasteiger partial charge in [-0.05, 0) is 62.2 Å². The second kappa shape index (κ2) is 7.56. The summed E-state index contributed by atoms with van der Waals surface area (Å²) in [6.07, 6.45) is 2.49. The van der Waals surface area contributed by atoms with E-state index in [1.165, 1.54) is 18.4 Å². The molecule has 1 aromatic carbocycles. The smallest absolute Gasteiger partial charge is 0.234 e. The van der Waals surface area contributed by atoms with Crippen LogP contribution in [0.25, 0.3) is 0 Å². The molecule has 2 rings (SSSR count). The first-order valence-corrected chi connectivity index (χ1v) is 8.04. The van der Waals surface area contributed by atoms with Gasteiger partial charge in [-0.25, -0.2) is 0 Å². The molecule has 0 radical (unpaired) electrons. The number of rotatable bonds is 5. The Bertz CT molecular complexity index is 416. The van der Waals surface area contributed by atoms with Crippen molar-refractivity contribution in [3.8, 4) is 0 Å². The van der Waals surface area contributed by atoms with E-state index in [2.05, 4.69) is 10.6 Å². The molecule has 0 aliphatic carbocycles. The molecule has 1 fully saturated rings. The van der Waals surface area contributed by atoms with E-state index in [1.807, 2.05) is 31.2 Å². The summed E-state index contributed by atoms with van der Waals surface area (Å²) < 4.78 is 0. The normalized spacial score (nSPS) is 16.3. The average Bonchev–Trinajstić information content (AvgIpc) is 2.40. The molecule has 0 spiro atoms. The van der Waals surface area contributed by atoms with E-state index in [1.54, 1.807) is 11.8 Å². The second-order valence-electron chi connectivity index (χ2n) is 5.13. The third-order valence-electron chi connectivity index (χ3n) is 3.35. The lowest BCUT2D eigenvalue weighted by Crippen LogP contribution is -2.29. The summed E-state index contributed by atoms with van der Waals surface area (Å²) >= 11 is 1.75. The molecule has 0 unspecified atom stereocenters. The lowest BCUT2D eigenvalue weighted by Gasteiger charge is -2.21. The van der Waals surface area contributed by atoms with E-state index in [-0.39, 0.29) is 5.91 Å². The van der Waals surface area contributed by atoms with Crippen LogP contribution in [-0.2, 0) is 4.79 Å². The lowest BCUT2D eigenvalue weighted by molar-refractivity contribution is -0.113. The Labute approximate surface area is 119 Å². The van der Waals surface area contributed by atoms with Crippen LogP contribution in [0.4, 0.5) is 5.69 Å². The average molecular weight is 278 g/mol. The van der Waals surface area contributed by atoms with Crippen LogP contribution >= 0.6 is 11.8 Å². The molecule has 1 aliphatic heterocycles. The Morgan fingerprint density at radius 3 is 2.95 bits per heavy atom. The van der Waals surface area contributed by atoms with Gasteiger partial charge >= 0.3 is 0 Å². The summed E-state index contributed by atoms with van der Waals surface area (Å²) in [5.41, 5.74) is 2.06. The zero-order valence-electron chi connectivity index (χ0n) is 11.4. The molecule has 0 saturated carbocycles. The highest BCUT2D eigenvalue weighted by atomic mass is 32.2. The molecular formula is C15H22N2OS. The predicted octanol–water partition coefficient (Wildman–Crippen LogP) is 2.67. The summed E-state index contributed by atoms with van der Waals surface area (Å²) in [4.78, 5) is 11.8. The Morgan fingerprint density at radius 1 is 1.42 bits per heavy atom. The van der Waals surface area contributed by atoms with Gasteiger partial charge in [-0.15, -0.1) is 0 Å².